The van der Waals surface area contributed by atoms with Crippen LogP contribution in [0.15, 0.2) is 60.2 Å². The summed E-state index contributed by atoms with van der Waals surface area (Å²) in [5, 5.41) is 28.4. The molecule has 2 aromatic carbocycles. The van der Waals surface area contributed by atoms with Gasteiger partial charge in [-0.25, -0.2) is 4.79 Å². The Labute approximate surface area is 203 Å². The Morgan fingerprint density at radius 1 is 1.09 bits per heavy atom. The molecule has 4 atom stereocenters. The molecule has 186 valence electrons. The zero-order valence-corrected chi connectivity index (χ0v) is 19.5. The van der Waals surface area contributed by atoms with E-state index in [1.165, 1.54) is 6.08 Å². The molecule has 7 N–H and O–H groups in total. The summed E-state index contributed by atoms with van der Waals surface area (Å²) in [6.45, 7) is 1.92. The van der Waals surface area contributed by atoms with Crippen LogP contribution in [0.3, 0.4) is 0 Å². The fourth-order valence-electron chi connectivity index (χ4n) is 3.69. The van der Waals surface area contributed by atoms with Crippen LogP contribution in [0, 0.1) is 6.92 Å². The molecule has 0 bridgehead atoms. The lowest BCUT2D eigenvalue weighted by Gasteiger charge is -2.31. The Hall–Kier alpha value is -3.89. The topological polar surface area (TPSA) is 163 Å². The average Bonchev–Trinajstić information content (AvgIpc) is 2.83. The molecule has 0 heterocycles. The number of aliphatic hydroxyl groups is 2. The third-order valence-corrected chi connectivity index (χ3v) is 5.72. The number of urea groups is 1. The van der Waals surface area contributed by atoms with E-state index in [0.29, 0.717) is 11.4 Å². The molecule has 0 saturated heterocycles. The van der Waals surface area contributed by atoms with Crippen LogP contribution in [0.25, 0.3) is 0 Å². The summed E-state index contributed by atoms with van der Waals surface area (Å²) < 4.78 is 5.11. The van der Waals surface area contributed by atoms with E-state index in [4.69, 9.17) is 10.5 Å². The Balaban J connectivity index is 1.67. The number of primary amides is 1. The second-order valence-corrected chi connectivity index (χ2v) is 8.42. The van der Waals surface area contributed by atoms with Crippen molar-refractivity contribution >= 4 is 23.5 Å². The van der Waals surface area contributed by atoms with Gasteiger partial charge in [0.1, 0.15) is 17.9 Å². The number of aliphatic hydroxyl groups excluding tert-OH is 2. The number of methoxy groups -OCH3 is 1. The average molecular weight is 483 g/mol. The van der Waals surface area contributed by atoms with Gasteiger partial charge in [0.25, 0.3) is 0 Å². The zero-order valence-electron chi connectivity index (χ0n) is 19.5. The number of amides is 4. The van der Waals surface area contributed by atoms with Gasteiger partial charge in [0.2, 0.25) is 11.8 Å². The number of benzene rings is 2. The predicted molar refractivity (Wildman–Crippen MR) is 130 cm³/mol. The van der Waals surface area contributed by atoms with E-state index in [9.17, 15) is 24.6 Å². The first-order valence-corrected chi connectivity index (χ1v) is 11.1. The van der Waals surface area contributed by atoms with Gasteiger partial charge in [0.05, 0.1) is 19.3 Å². The molecule has 35 heavy (non-hydrogen) atoms. The Morgan fingerprint density at radius 3 is 2.34 bits per heavy atom. The maximum Gasteiger partial charge on any atom is 0.319 e. The molecule has 0 aromatic heterocycles. The lowest BCUT2D eigenvalue weighted by molar-refractivity contribution is -0.125. The lowest BCUT2D eigenvalue weighted by Crippen LogP contribution is -2.53. The maximum atomic E-state index is 12.9. The molecule has 1 aliphatic rings. The molecule has 4 amide bonds. The minimum atomic E-state index is -1.32. The highest BCUT2D eigenvalue weighted by Gasteiger charge is 2.34. The second kappa shape index (κ2) is 11.5. The molecule has 0 spiro atoms. The van der Waals surface area contributed by atoms with E-state index in [1.54, 1.807) is 43.5 Å². The van der Waals surface area contributed by atoms with Gasteiger partial charge in [-0.15, -0.1) is 0 Å². The molecule has 0 aliphatic heterocycles. The SMILES string of the molecule is COc1ccc(C[C@H](NC(=O)C2=C[C@@H](NC(=O)Nc3ccc(C)cc3)[C@@H](O)[C@H](O)C2)C(N)=O)cc1. The summed E-state index contributed by atoms with van der Waals surface area (Å²) >= 11 is 0. The van der Waals surface area contributed by atoms with Gasteiger partial charge in [-0.2, -0.15) is 0 Å². The van der Waals surface area contributed by atoms with Crippen LogP contribution in [-0.4, -0.2) is 59.5 Å². The van der Waals surface area contributed by atoms with E-state index < -0.39 is 42.1 Å². The largest absolute Gasteiger partial charge is 0.497 e. The van der Waals surface area contributed by atoms with Gasteiger partial charge in [-0.1, -0.05) is 35.9 Å². The van der Waals surface area contributed by atoms with Gasteiger partial charge < -0.3 is 36.6 Å². The van der Waals surface area contributed by atoms with Crippen LogP contribution < -0.4 is 26.4 Å². The van der Waals surface area contributed by atoms with Crippen molar-refractivity contribution in [2.45, 2.75) is 44.1 Å². The van der Waals surface area contributed by atoms with Crippen LogP contribution in [-0.2, 0) is 16.0 Å². The van der Waals surface area contributed by atoms with Crippen molar-refractivity contribution < 1.29 is 29.3 Å². The van der Waals surface area contributed by atoms with Crippen LogP contribution in [0.5, 0.6) is 5.75 Å². The first-order valence-electron chi connectivity index (χ1n) is 11.1. The van der Waals surface area contributed by atoms with E-state index in [1.807, 2.05) is 19.1 Å². The molecule has 1 aliphatic carbocycles. The fraction of sp³-hybridized carbons (Fsp3) is 0.320. The number of hydrogen-bond acceptors (Lipinski definition) is 6. The predicted octanol–water partition coefficient (Wildman–Crippen LogP) is 0.758. The molecule has 0 unspecified atom stereocenters. The van der Waals surface area contributed by atoms with Crippen LogP contribution in [0.2, 0.25) is 0 Å². The Bertz CT molecular complexity index is 1080. The van der Waals surface area contributed by atoms with E-state index in [0.717, 1.165) is 11.1 Å². The Kier molecular flexibility index (Phi) is 8.45. The molecule has 0 saturated carbocycles. The number of aryl methyl sites for hydroxylation is 1. The van der Waals surface area contributed by atoms with E-state index in [-0.39, 0.29) is 18.4 Å². The van der Waals surface area contributed by atoms with Gasteiger partial charge in [0, 0.05) is 24.1 Å². The quantitative estimate of drug-likeness (QED) is 0.325. The first-order chi connectivity index (χ1) is 16.7. The Morgan fingerprint density at radius 2 is 1.74 bits per heavy atom. The van der Waals surface area contributed by atoms with Crippen molar-refractivity contribution in [2.24, 2.45) is 5.73 Å². The fourth-order valence-corrected chi connectivity index (χ4v) is 3.69. The van der Waals surface area contributed by atoms with Gasteiger partial charge >= 0.3 is 6.03 Å². The van der Waals surface area contributed by atoms with E-state index >= 15 is 0 Å². The maximum absolute atomic E-state index is 12.9. The molecular weight excluding hydrogens is 452 g/mol. The number of nitrogens with two attached hydrogens (primary N) is 1. The van der Waals surface area contributed by atoms with Crippen molar-refractivity contribution in [1.29, 1.82) is 0 Å². The highest BCUT2D eigenvalue weighted by molar-refractivity contribution is 5.97. The van der Waals surface area contributed by atoms with Crippen molar-refractivity contribution in [3.05, 3.63) is 71.3 Å². The number of anilines is 1. The smallest absolute Gasteiger partial charge is 0.319 e. The number of hydrogen-bond donors (Lipinski definition) is 6. The summed E-state index contributed by atoms with van der Waals surface area (Å²) in [5.74, 6) is -0.699. The number of rotatable bonds is 8. The third-order valence-electron chi connectivity index (χ3n) is 5.72. The summed E-state index contributed by atoms with van der Waals surface area (Å²) in [7, 11) is 1.54. The summed E-state index contributed by atoms with van der Waals surface area (Å²) in [4.78, 5) is 37.3. The standard InChI is InChI=1S/C25H30N4O6/c1-14-3-7-17(8-4-14)27-25(34)29-19-12-16(13-21(30)22(19)31)24(33)28-20(23(26)32)11-15-5-9-18(35-2)10-6-15/h3-10,12,19-22,30-31H,11,13H2,1-2H3,(H2,26,32)(H,28,33)(H2,27,29,34)/t19-,20+,21-,22-/m1/s1. The van der Waals surface area contributed by atoms with Crippen molar-refractivity contribution in [3.8, 4) is 5.75 Å². The highest BCUT2D eigenvalue weighted by Crippen LogP contribution is 2.21. The lowest BCUT2D eigenvalue weighted by atomic mass is 9.90. The van der Waals surface area contributed by atoms with Crippen LogP contribution in [0.4, 0.5) is 10.5 Å². The second-order valence-electron chi connectivity index (χ2n) is 8.42. The molecule has 0 radical (unpaired) electrons. The molecule has 3 rings (SSSR count). The minimum Gasteiger partial charge on any atom is -0.497 e. The van der Waals surface area contributed by atoms with Crippen molar-refractivity contribution in [2.75, 3.05) is 12.4 Å². The van der Waals surface area contributed by atoms with Crippen LogP contribution in [0.1, 0.15) is 17.5 Å². The summed E-state index contributed by atoms with van der Waals surface area (Å²) in [6, 6.07) is 11.4. The highest BCUT2D eigenvalue weighted by atomic mass is 16.5. The number of ether oxygens (including phenoxy) is 1. The van der Waals surface area contributed by atoms with Crippen molar-refractivity contribution in [1.82, 2.24) is 10.6 Å². The monoisotopic (exact) mass is 482 g/mol. The molecule has 10 heteroatoms. The van der Waals surface area contributed by atoms with Gasteiger partial charge in [-0.05, 0) is 36.8 Å². The molecule has 2 aromatic rings. The van der Waals surface area contributed by atoms with E-state index in [2.05, 4.69) is 16.0 Å². The third kappa shape index (κ3) is 7.05. The summed E-state index contributed by atoms with van der Waals surface area (Å²) in [5.41, 5.74) is 7.94. The molecule has 10 nitrogen and oxygen atoms in total. The normalized spacial score (nSPS) is 20.2. The zero-order chi connectivity index (χ0) is 25.5. The van der Waals surface area contributed by atoms with Crippen molar-refractivity contribution in [3.63, 3.8) is 0 Å². The van der Waals surface area contributed by atoms with Gasteiger partial charge in [0.15, 0.2) is 0 Å². The first kappa shape index (κ1) is 25.7. The molecule has 0 fully saturated rings. The summed E-state index contributed by atoms with van der Waals surface area (Å²) in [6.07, 6.45) is -1.24. The minimum absolute atomic E-state index is 0.115. The number of nitrogens with one attached hydrogen (secondary N) is 3. The van der Waals surface area contributed by atoms with Crippen LogP contribution >= 0.6 is 0 Å². The molecular formula is C25H30N4O6. The number of carbonyl (C=O) groups is 3. The van der Waals surface area contributed by atoms with Gasteiger partial charge in [-0.3, -0.25) is 9.59 Å². The number of carbonyl (C=O) groups excluding carboxylic acids is 3.